The Morgan fingerprint density at radius 3 is 3.06 bits per heavy atom. The number of aromatic nitrogens is 3. The Labute approximate surface area is 102 Å². The molecule has 4 nitrogen and oxygen atoms in total. The molecule has 1 aliphatic rings. The van der Waals surface area contributed by atoms with Gasteiger partial charge in [0.1, 0.15) is 0 Å². The number of ether oxygens (including phenoxy) is 1. The van der Waals surface area contributed by atoms with Gasteiger partial charge in [-0.25, -0.2) is 4.68 Å². The van der Waals surface area contributed by atoms with Crippen molar-refractivity contribution in [1.29, 1.82) is 0 Å². The van der Waals surface area contributed by atoms with Gasteiger partial charge in [-0.2, -0.15) is 5.10 Å². The minimum absolute atomic E-state index is 0.0740. The Hall–Kier alpha value is -0.940. The van der Waals surface area contributed by atoms with E-state index < -0.39 is 0 Å². The van der Waals surface area contributed by atoms with Crippen LogP contribution in [0.5, 0.6) is 0 Å². The highest BCUT2D eigenvalue weighted by atomic mass is 79.9. The summed E-state index contributed by atoms with van der Waals surface area (Å²) >= 11 is 3.51. The summed E-state index contributed by atoms with van der Waals surface area (Å²) in [4.78, 5) is 4.13. The van der Waals surface area contributed by atoms with Gasteiger partial charge in [-0.05, 0) is 35.2 Å². The molecule has 3 rings (SSSR count). The van der Waals surface area contributed by atoms with Gasteiger partial charge in [-0.1, -0.05) is 0 Å². The Morgan fingerprint density at radius 1 is 1.31 bits per heavy atom. The average Bonchev–Trinajstić information content (AvgIpc) is 2.75. The highest BCUT2D eigenvalue weighted by molar-refractivity contribution is 9.10. The van der Waals surface area contributed by atoms with E-state index in [1.54, 1.807) is 6.20 Å². The number of pyridine rings is 1. The summed E-state index contributed by atoms with van der Waals surface area (Å²) in [5, 5.41) is 5.45. The fraction of sp³-hybridized carbons (Fsp3) is 0.455. The monoisotopic (exact) mass is 281 g/mol. The average molecular weight is 282 g/mol. The molecule has 2 aromatic heterocycles. The Bertz CT molecular complexity index is 505. The van der Waals surface area contributed by atoms with Gasteiger partial charge < -0.3 is 4.74 Å². The maximum atomic E-state index is 5.74. The van der Waals surface area contributed by atoms with Crippen LogP contribution in [-0.2, 0) is 4.74 Å². The normalized spacial score (nSPS) is 21.4. The molecule has 0 spiro atoms. The zero-order valence-corrected chi connectivity index (χ0v) is 10.4. The Morgan fingerprint density at radius 2 is 2.25 bits per heavy atom. The van der Waals surface area contributed by atoms with Crippen LogP contribution in [0.15, 0.2) is 23.1 Å². The molecular formula is C11H12BrN3O. The largest absolute Gasteiger partial charge is 0.356 e. The molecule has 0 aliphatic carbocycles. The summed E-state index contributed by atoms with van der Waals surface area (Å²) in [7, 11) is 0. The van der Waals surface area contributed by atoms with E-state index in [1.165, 1.54) is 6.42 Å². The van der Waals surface area contributed by atoms with Gasteiger partial charge in [-0.3, -0.25) is 4.98 Å². The number of fused-ring (bicyclic) bond motifs is 1. The number of halogens is 1. The van der Waals surface area contributed by atoms with Gasteiger partial charge in [0.25, 0.3) is 0 Å². The second-order valence-corrected chi connectivity index (χ2v) is 4.82. The predicted octanol–water partition coefficient (Wildman–Crippen LogP) is 2.89. The third-order valence-electron chi connectivity index (χ3n) is 2.88. The van der Waals surface area contributed by atoms with Gasteiger partial charge in [-0.15, -0.1) is 0 Å². The van der Waals surface area contributed by atoms with E-state index >= 15 is 0 Å². The summed E-state index contributed by atoms with van der Waals surface area (Å²) in [6, 6.07) is 0. The lowest BCUT2D eigenvalue weighted by Crippen LogP contribution is -2.19. The van der Waals surface area contributed by atoms with Crippen LogP contribution >= 0.6 is 15.9 Å². The standard InChI is InChI=1S/C11H12BrN3O/c12-9-7-13-5-8-6-14-15(11(8)9)10-3-1-2-4-16-10/h5-7,10H,1-4H2. The van der Waals surface area contributed by atoms with Gasteiger partial charge in [0.05, 0.1) is 16.2 Å². The van der Waals surface area contributed by atoms with E-state index in [0.29, 0.717) is 0 Å². The molecule has 0 radical (unpaired) electrons. The molecule has 0 amide bonds. The first kappa shape index (κ1) is 10.2. The first-order valence-electron chi connectivity index (χ1n) is 5.44. The highest BCUT2D eigenvalue weighted by Gasteiger charge is 2.19. The van der Waals surface area contributed by atoms with Crippen molar-refractivity contribution < 1.29 is 4.74 Å². The maximum absolute atomic E-state index is 5.74. The quantitative estimate of drug-likeness (QED) is 0.807. The van der Waals surface area contributed by atoms with Crippen molar-refractivity contribution >= 4 is 26.8 Å². The fourth-order valence-electron chi connectivity index (χ4n) is 2.10. The molecular weight excluding hydrogens is 270 g/mol. The molecule has 1 aliphatic heterocycles. The Balaban J connectivity index is 2.09. The molecule has 1 fully saturated rings. The lowest BCUT2D eigenvalue weighted by Gasteiger charge is -2.23. The molecule has 2 aromatic rings. The first-order valence-corrected chi connectivity index (χ1v) is 6.24. The van der Waals surface area contributed by atoms with Crippen molar-refractivity contribution in [2.24, 2.45) is 0 Å². The maximum Gasteiger partial charge on any atom is 0.150 e. The van der Waals surface area contributed by atoms with Crippen molar-refractivity contribution in [3.63, 3.8) is 0 Å². The van der Waals surface area contributed by atoms with E-state index in [-0.39, 0.29) is 6.23 Å². The summed E-state index contributed by atoms with van der Waals surface area (Å²) in [5.41, 5.74) is 1.07. The summed E-state index contributed by atoms with van der Waals surface area (Å²) < 4.78 is 8.67. The topological polar surface area (TPSA) is 39.9 Å². The van der Waals surface area contributed by atoms with Crippen molar-refractivity contribution in [3.8, 4) is 0 Å². The van der Waals surface area contributed by atoms with Crippen LogP contribution in [0.2, 0.25) is 0 Å². The lowest BCUT2D eigenvalue weighted by molar-refractivity contribution is -0.0367. The minimum Gasteiger partial charge on any atom is -0.356 e. The van der Waals surface area contributed by atoms with Gasteiger partial charge >= 0.3 is 0 Å². The van der Waals surface area contributed by atoms with Crippen LogP contribution in [0.1, 0.15) is 25.5 Å². The van der Waals surface area contributed by atoms with Gasteiger partial charge in [0.15, 0.2) is 6.23 Å². The Kier molecular flexibility index (Phi) is 2.65. The second-order valence-electron chi connectivity index (χ2n) is 3.97. The summed E-state index contributed by atoms with van der Waals surface area (Å²) in [6.45, 7) is 0.828. The number of hydrogen-bond acceptors (Lipinski definition) is 3. The number of rotatable bonds is 1. The zero-order chi connectivity index (χ0) is 11.0. The van der Waals surface area contributed by atoms with Crippen LogP contribution in [0.4, 0.5) is 0 Å². The lowest BCUT2D eigenvalue weighted by atomic mass is 10.2. The van der Waals surface area contributed by atoms with E-state index in [1.807, 2.05) is 17.1 Å². The fourth-order valence-corrected chi connectivity index (χ4v) is 2.63. The molecule has 84 valence electrons. The second kappa shape index (κ2) is 4.14. The van der Waals surface area contributed by atoms with E-state index in [4.69, 9.17) is 4.74 Å². The highest BCUT2D eigenvalue weighted by Crippen LogP contribution is 2.29. The van der Waals surface area contributed by atoms with Crippen LogP contribution in [0, 0.1) is 0 Å². The minimum atomic E-state index is 0.0740. The molecule has 3 heterocycles. The number of hydrogen-bond donors (Lipinski definition) is 0. The van der Waals surface area contributed by atoms with Crippen LogP contribution < -0.4 is 0 Å². The third-order valence-corrected chi connectivity index (χ3v) is 3.46. The SMILES string of the molecule is Brc1cncc2cnn(C3CCCCO3)c12. The smallest absolute Gasteiger partial charge is 0.150 e. The molecule has 1 saturated heterocycles. The molecule has 1 atom stereocenters. The molecule has 0 N–H and O–H groups in total. The van der Waals surface area contributed by atoms with Crippen LogP contribution in [-0.4, -0.2) is 21.4 Å². The molecule has 16 heavy (non-hydrogen) atoms. The number of nitrogens with zero attached hydrogens (tertiary/aromatic N) is 3. The first-order chi connectivity index (χ1) is 7.86. The molecule has 1 unspecified atom stereocenters. The van der Waals surface area contributed by atoms with E-state index in [9.17, 15) is 0 Å². The van der Waals surface area contributed by atoms with Crippen LogP contribution in [0.25, 0.3) is 10.9 Å². The predicted molar refractivity (Wildman–Crippen MR) is 64.1 cm³/mol. The van der Waals surface area contributed by atoms with Crippen molar-refractivity contribution in [2.75, 3.05) is 6.61 Å². The van der Waals surface area contributed by atoms with Crippen molar-refractivity contribution in [2.45, 2.75) is 25.5 Å². The third kappa shape index (κ3) is 1.64. The van der Waals surface area contributed by atoms with Crippen molar-refractivity contribution in [1.82, 2.24) is 14.8 Å². The molecule has 0 saturated carbocycles. The van der Waals surface area contributed by atoms with E-state index in [2.05, 4.69) is 26.0 Å². The summed E-state index contributed by atoms with van der Waals surface area (Å²) in [5.74, 6) is 0. The summed E-state index contributed by atoms with van der Waals surface area (Å²) in [6.07, 6.45) is 8.92. The van der Waals surface area contributed by atoms with Crippen LogP contribution in [0.3, 0.4) is 0 Å². The molecule has 0 aromatic carbocycles. The van der Waals surface area contributed by atoms with Gasteiger partial charge in [0.2, 0.25) is 0 Å². The van der Waals surface area contributed by atoms with Gasteiger partial charge in [0, 0.05) is 24.4 Å². The van der Waals surface area contributed by atoms with Crippen molar-refractivity contribution in [3.05, 3.63) is 23.1 Å². The van der Waals surface area contributed by atoms with E-state index in [0.717, 1.165) is 34.8 Å². The zero-order valence-electron chi connectivity index (χ0n) is 8.77. The molecule has 5 heteroatoms. The molecule has 0 bridgehead atoms.